The van der Waals surface area contributed by atoms with E-state index in [1.54, 1.807) is 18.7 Å². The highest BCUT2D eigenvalue weighted by molar-refractivity contribution is 7.98. The number of rotatable bonds is 4. The molecule has 21 heavy (non-hydrogen) atoms. The fraction of sp³-hybridized carbons (Fsp3) is 0.500. The smallest absolute Gasteiger partial charge is 0.219 e. The van der Waals surface area contributed by atoms with Gasteiger partial charge in [-0.15, -0.1) is 11.8 Å². The van der Waals surface area contributed by atoms with E-state index in [1.807, 2.05) is 35.4 Å². The minimum atomic E-state index is 0.121. The molecule has 1 saturated heterocycles. The van der Waals surface area contributed by atoms with Crippen LogP contribution in [0.1, 0.15) is 23.7 Å². The highest BCUT2D eigenvalue weighted by Crippen LogP contribution is 2.15. The molecule has 1 aromatic rings. The number of amides is 1. The summed E-state index contributed by atoms with van der Waals surface area (Å²) in [5.74, 6) is 0.273. The van der Waals surface area contributed by atoms with Gasteiger partial charge in [0.2, 0.25) is 5.91 Å². The number of carbonyl (C=O) groups is 2. The highest BCUT2D eigenvalue weighted by Gasteiger charge is 2.18. The van der Waals surface area contributed by atoms with Crippen molar-refractivity contribution in [3.8, 4) is 0 Å². The van der Waals surface area contributed by atoms with Gasteiger partial charge in [0.1, 0.15) is 0 Å². The van der Waals surface area contributed by atoms with Gasteiger partial charge in [-0.2, -0.15) is 0 Å². The molecule has 1 fully saturated rings. The van der Waals surface area contributed by atoms with Crippen molar-refractivity contribution in [3.05, 3.63) is 29.8 Å². The number of hydrogen-bond acceptors (Lipinski definition) is 4. The van der Waals surface area contributed by atoms with Crippen molar-refractivity contribution in [1.29, 1.82) is 0 Å². The lowest BCUT2D eigenvalue weighted by Gasteiger charge is -2.20. The summed E-state index contributed by atoms with van der Waals surface area (Å²) >= 11 is 1.67. The molecule has 0 saturated carbocycles. The lowest BCUT2D eigenvalue weighted by molar-refractivity contribution is -0.128. The van der Waals surface area contributed by atoms with E-state index in [-0.39, 0.29) is 11.7 Å². The average Bonchev–Trinajstić information content (AvgIpc) is 2.73. The van der Waals surface area contributed by atoms with Gasteiger partial charge >= 0.3 is 0 Å². The largest absolute Gasteiger partial charge is 0.342 e. The summed E-state index contributed by atoms with van der Waals surface area (Å²) in [6.07, 6.45) is 2.95. The first-order valence-electron chi connectivity index (χ1n) is 7.25. The van der Waals surface area contributed by atoms with E-state index in [4.69, 9.17) is 0 Å². The van der Waals surface area contributed by atoms with E-state index in [2.05, 4.69) is 4.90 Å². The molecular weight excluding hydrogens is 284 g/mol. The van der Waals surface area contributed by atoms with Crippen LogP contribution in [0.2, 0.25) is 0 Å². The van der Waals surface area contributed by atoms with Crippen LogP contribution in [-0.2, 0) is 4.79 Å². The number of benzene rings is 1. The van der Waals surface area contributed by atoms with Gasteiger partial charge in [-0.1, -0.05) is 12.1 Å². The van der Waals surface area contributed by atoms with E-state index in [1.165, 1.54) is 4.90 Å². The van der Waals surface area contributed by atoms with Crippen molar-refractivity contribution in [2.24, 2.45) is 0 Å². The van der Waals surface area contributed by atoms with Gasteiger partial charge in [-0.3, -0.25) is 14.5 Å². The Morgan fingerprint density at radius 1 is 1.10 bits per heavy atom. The van der Waals surface area contributed by atoms with E-state index in [0.29, 0.717) is 13.1 Å². The van der Waals surface area contributed by atoms with E-state index >= 15 is 0 Å². The van der Waals surface area contributed by atoms with Crippen LogP contribution in [-0.4, -0.2) is 60.5 Å². The molecule has 1 aromatic carbocycles. The standard InChI is InChI=1S/C16H22N2O2S/c1-13(19)18-9-3-8-17(10-11-18)12-16(20)14-4-6-15(21-2)7-5-14/h4-7H,3,8-12H2,1-2H3. The van der Waals surface area contributed by atoms with Crippen LogP contribution >= 0.6 is 11.8 Å². The maximum Gasteiger partial charge on any atom is 0.219 e. The normalized spacial score (nSPS) is 16.6. The summed E-state index contributed by atoms with van der Waals surface area (Å²) in [4.78, 5) is 28.9. The number of nitrogens with zero attached hydrogens (tertiary/aromatic N) is 2. The first-order valence-corrected chi connectivity index (χ1v) is 8.48. The van der Waals surface area contributed by atoms with Crippen LogP contribution in [0.4, 0.5) is 0 Å². The third-order valence-corrected chi connectivity index (χ3v) is 4.56. The predicted octanol–water partition coefficient (Wildman–Crippen LogP) is 2.15. The summed E-state index contributed by atoms with van der Waals surface area (Å²) < 4.78 is 0. The van der Waals surface area contributed by atoms with Crippen LogP contribution in [0.3, 0.4) is 0 Å². The summed E-state index contributed by atoms with van der Waals surface area (Å²) in [7, 11) is 0. The fourth-order valence-electron chi connectivity index (χ4n) is 2.52. The maximum atomic E-state index is 12.3. The van der Waals surface area contributed by atoms with E-state index < -0.39 is 0 Å². The molecule has 0 radical (unpaired) electrons. The molecule has 5 heteroatoms. The number of Topliss-reactive ketones (excluding diaryl/α,β-unsaturated/α-hetero) is 1. The second-order valence-corrected chi connectivity index (χ2v) is 6.17. The van der Waals surface area contributed by atoms with Crippen molar-refractivity contribution in [1.82, 2.24) is 9.80 Å². The molecule has 1 heterocycles. The molecule has 0 aromatic heterocycles. The average molecular weight is 306 g/mol. The Hall–Kier alpha value is -1.33. The van der Waals surface area contributed by atoms with Crippen molar-refractivity contribution in [2.75, 3.05) is 39.0 Å². The predicted molar refractivity (Wildman–Crippen MR) is 85.9 cm³/mol. The molecule has 1 aliphatic rings. The molecule has 0 spiro atoms. The number of hydrogen-bond donors (Lipinski definition) is 0. The molecule has 2 rings (SSSR count). The third-order valence-electron chi connectivity index (χ3n) is 3.81. The molecule has 0 aliphatic carbocycles. The van der Waals surface area contributed by atoms with Crippen LogP contribution in [0.25, 0.3) is 0 Å². The second-order valence-electron chi connectivity index (χ2n) is 5.29. The van der Waals surface area contributed by atoms with Crippen molar-refractivity contribution < 1.29 is 9.59 Å². The Morgan fingerprint density at radius 2 is 1.81 bits per heavy atom. The molecule has 4 nitrogen and oxygen atoms in total. The van der Waals surface area contributed by atoms with Crippen LogP contribution in [0.15, 0.2) is 29.2 Å². The maximum absolute atomic E-state index is 12.3. The molecule has 1 amide bonds. The van der Waals surface area contributed by atoms with Crippen LogP contribution < -0.4 is 0 Å². The van der Waals surface area contributed by atoms with Crippen LogP contribution in [0.5, 0.6) is 0 Å². The van der Waals surface area contributed by atoms with Crippen molar-refractivity contribution in [2.45, 2.75) is 18.2 Å². The first kappa shape index (κ1) is 16.0. The summed E-state index contributed by atoms with van der Waals surface area (Å²) in [5.41, 5.74) is 0.764. The van der Waals surface area contributed by atoms with E-state index in [0.717, 1.165) is 31.6 Å². The Morgan fingerprint density at radius 3 is 2.43 bits per heavy atom. The van der Waals surface area contributed by atoms with Gasteiger partial charge < -0.3 is 4.90 Å². The van der Waals surface area contributed by atoms with Gasteiger partial charge in [0, 0.05) is 43.6 Å². The van der Waals surface area contributed by atoms with E-state index in [9.17, 15) is 9.59 Å². The topological polar surface area (TPSA) is 40.6 Å². The van der Waals surface area contributed by atoms with Gasteiger partial charge in [-0.25, -0.2) is 0 Å². The Balaban J connectivity index is 1.91. The van der Waals surface area contributed by atoms with Gasteiger partial charge in [0.15, 0.2) is 5.78 Å². The van der Waals surface area contributed by atoms with Gasteiger partial charge in [-0.05, 0) is 24.8 Å². The minimum Gasteiger partial charge on any atom is -0.342 e. The summed E-state index contributed by atoms with van der Waals surface area (Å²) in [5, 5.41) is 0. The van der Waals surface area contributed by atoms with Gasteiger partial charge in [0.25, 0.3) is 0 Å². The fourth-order valence-corrected chi connectivity index (χ4v) is 2.92. The Kier molecular flexibility index (Phi) is 5.82. The lowest BCUT2D eigenvalue weighted by Crippen LogP contribution is -2.35. The third kappa shape index (κ3) is 4.58. The zero-order valence-corrected chi connectivity index (χ0v) is 13.5. The number of carbonyl (C=O) groups excluding carboxylic acids is 2. The van der Waals surface area contributed by atoms with Crippen molar-refractivity contribution >= 4 is 23.5 Å². The lowest BCUT2D eigenvalue weighted by atomic mass is 10.1. The Labute approximate surface area is 130 Å². The summed E-state index contributed by atoms with van der Waals surface area (Å²) in [6, 6.07) is 7.76. The number of thioether (sulfide) groups is 1. The molecule has 0 N–H and O–H groups in total. The molecule has 0 unspecified atom stereocenters. The second kappa shape index (κ2) is 7.61. The number of ketones is 1. The summed E-state index contributed by atoms with van der Waals surface area (Å²) in [6.45, 7) is 5.20. The molecule has 0 atom stereocenters. The molecule has 1 aliphatic heterocycles. The monoisotopic (exact) mass is 306 g/mol. The molecule has 0 bridgehead atoms. The first-order chi connectivity index (χ1) is 10.1. The van der Waals surface area contributed by atoms with Gasteiger partial charge in [0.05, 0.1) is 6.54 Å². The SMILES string of the molecule is CSc1ccc(C(=O)CN2CCCN(C(C)=O)CC2)cc1. The zero-order valence-electron chi connectivity index (χ0n) is 12.7. The zero-order chi connectivity index (χ0) is 15.2. The molecular formula is C16H22N2O2S. The molecule has 114 valence electrons. The quantitative estimate of drug-likeness (QED) is 0.631. The van der Waals surface area contributed by atoms with Crippen LogP contribution in [0, 0.1) is 0 Å². The Bertz CT molecular complexity index is 502. The van der Waals surface area contributed by atoms with Crippen molar-refractivity contribution in [3.63, 3.8) is 0 Å². The minimum absolute atomic E-state index is 0.121. The highest BCUT2D eigenvalue weighted by atomic mass is 32.2.